The van der Waals surface area contributed by atoms with E-state index in [0.717, 1.165) is 59.2 Å². The molecule has 250 valence electrons. The van der Waals surface area contributed by atoms with Gasteiger partial charge in [-0.2, -0.15) is 0 Å². The van der Waals surface area contributed by atoms with Crippen molar-refractivity contribution in [2.45, 2.75) is 85.6 Å². The van der Waals surface area contributed by atoms with Gasteiger partial charge in [-0.15, -0.1) is 11.3 Å². The maximum Gasteiger partial charge on any atom is 0.253 e. The third-order valence-electron chi connectivity index (χ3n) is 7.58. The molecule has 3 atom stereocenters. The maximum atomic E-state index is 12.8. The lowest BCUT2D eigenvalue weighted by molar-refractivity contribution is 0.0912. The van der Waals surface area contributed by atoms with Crippen molar-refractivity contribution in [1.29, 1.82) is 0 Å². The SMILES string of the molecule is CCCC(CCC(C)CC)COC.CCCC=C(Nc1nc(-c2cccc(C)n2)cs1)C(COC)NC(=O)c1ccn(SC)c1. The highest BCUT2D eigenvalue weighted by atomic mass is 32.2. The third kappa shape index (κ3) is 14.1. The lowest BCUT2D eigenvalue weighted by Crippen LogP contribution is -2.41. The van der Waals surface area contributed by atoms with Crippen LogP contribution in [0, 0.1) is 18.8 Å². The van der Waals surface area contributed by atoms with Crippen LogP contribution in [0.3, 0.4) is 0 Å². The first-order valence-corrected chi connectivity index (χ1v) is 18.2. The van der Waals surface area contributed by atoms with E-state index in [1.807, 2.05) is 60.2 Å². The molecule has 0 bridgehead atoms. The van der Waals surface area contributed by atoms with E-state index >= 15 is 0 Å². The first-order chi connectivity index (χ1) is 21.8. The van der Waals surface area contributed by atoms with E-state index in [9.17, 15) is 4.79 Å². The summed E-state index contributed by atoms with van der Waals surface area (Å²) in [6, 6.07) is 7.37. The molecular weight excluding hydrogens is 603 g/mol. The van der Waals surface area contributed by atoms with Crippen LogP contribution in [0.2, 0.25) is 0 Å². The number of carbonyl (C=O) groups is 1. The molecule has 1 amide bonds. The molecule has 10 heteroatoms. The normalized spacial score (nSPS) is 13.5. The quantitative estimate of drug-likeness (QED) is 0.133. The fourth-order valence-electron chi connectivity index (χ4n) is 4.76. The number of hydrogen-bond donors (Lipinski definition) is 2. The average Bonchev–Trinajstić information content (AvgIpc) is 3.72. The number of aryl methyl sites for hydroxylation is 1. The number of pyridine rings is 1. The van der Waals surface area contributed by atoms with E-state index in [1.54, 1.807) is 13.2 Å². The van der Waals surface area contributed by atoms with E-state index in [4.69, 9.17) is 14.5 Å². The van der Waals surface area contributed by atoms with Crippen LogP contribution in [-0.2, 0) is 9.47 Å². The number of methoxy groups -OCH3 is 2. The Hall–Kier alpha value is -2.66. The van der Waals surface area contributed by atoms with Gasteiger partial charge in [0.05, 0.1) is 23.9 Å². The first kappa shape index (κ1) is 38.5. The Morgan fingerprint density at radius 1 is 1.04 bits per heavy atom. The van der Waals surface area contributed by atoms with Crippen LogP contribution in [0.5, 0.6) is 0 Å². The second kappa shape index (κ2) is 22.0. The number of ether oxygens (including phenoxy) is 2. The largest absolute Gasteiger partial charge is 0.384 e. The van der Waals surface area contributed by atoms with E-state index in [1.165, 1.54) is 55.4 Å². The summed E-state index contributed by atoms with van der Waals surface area (Å²) in [5.41, 5.74) is 4.09. The molecule has 0 spiro atoms. The number of amides is 1. The second-order valence-corrected chi connectivity index (χ2v) is 13.0. The van der Waals surface area contributed by atoms with Crippen molar-refractivity contribution in [3.8, 4) is 11.4 Å². The fraction of sp³-hybridized carbons (Fsp3) is 0.571. The molecule has 0 fully saturated rings. The lowest BCUT2D eigenvalue weighted by Gasteiger charge is -2.22. The van der Waals surface area contributed by atoms with Gasteiger partial charge in [-0.25, -0.2) is 4.98 Å². The number of aromatic nitrogens is 3. The molecular formula is C35H55N5O3S2. The maximum absolute atomic E-state index is 12.8. The summed E-state index contributed by atoms with van der Waals surface area (Å²) in [7, 11) is 3.44. The zero-order chi connectivity index (χ0) is 33.0. The van der Waals surface area contributed by atoms with Gasteiger partial charge in [-0.3, -0.25) is 13.8 Å². The lowest BCUT2D eigenvalue weighted by atomic mass is 9.93. The minimum Gasteiger partial charge on any atom is -0.384 e. The summed E-state index contributed by atoms with van der Waals surface area (Å²) < 4.78 is 12.5. The Morgan fingerprint density at radius 3 is 2.44 bits per heavy atom. The summed E-state index contributed by atoms with van der Waals surface area (Å²) in [5, 5.41) is 9.24. The number of allylic oxidation sites excluding steroid dienone is 1. The summed E-state index contributed by atoms with van der Waals surface area (Å²) in [6.45, 7) is 12.2. The number of nitrogens with one attached hydrogen (secondary N) is 2. The van der Waals surface area contributed by atoms with Crippen molar-refractivity contribution in [3.63, 3.8) is 0 Å². The Bertz CT molecular complexity index is 1270. The molecule has 3 unspecified atom stereocenters. The Morgan fingerprint density at radius 2 is 1.82 bits per heavy atom. The van der Waals surface area contributed by atoms with Crippen LogP contribution in [0.4, 0.5) is 5.13 Å². The van der Waals surface area contributed by atoms with Gasteiger partial charge in [0.25, 0.3) is 5.91 Å². The fourth-order valence-corrected chi connectivity index (χ4v) is 5.89. The molecule has 0 saturated heterocycles. The number of thiazole rings is 1. The molecule has 3 rings (SSSR count). The minimum absolute atomic E-state index is 0.146. The number of carbonyl (C=O) groups excluding carboxylic acids is 1. The van der Waals surface area contributed by atoms with Crippen molar-refractivity contribution in [2.24, 2.45) is 11.8 Å². The predicted molar refractivity (Wildman–Crippen MR) is 192 cm³/mol. The van der Waals surface area contributed by atoms with Gasteiger partial charge in [0.2, 0.25) is 0 Å². The first-order valence-electron chi connectivity index (χ1n) is 16.2. The number of nitrogens with zero attached hydrogens (tertiary/aromatic N) is 3. The number of unbranched alkanes of at least 4 members (excludes halogenated alkanes) is 1. The highest BCUT2D eigenvalue weighted by Crippen LogP contribution is 2.26. The van der Waals surface area contributed by atoms with Crippen LogP contribution >= 0.6 is 23.3 Å². The van der Waals surface area contributed by atoms with Gasteiger partial charge in [-0.1, -0.05) is 65.5 Å². The summed E-state index contributed by atoms with van der Waals surface area (Å²) in [5.74, 6) is 1.54. The van der Waals surface area contributed by atoms with Crippen molar-refractivity contribution in [3.05, 3.63) is 65.1 Å². The topological polar surface area (TPSA) is 90.3 Å². The highest BCUT2D eigenvalue weighted by molar-refractivity contribution is 7.97. The zero-order valence-electron chi connectivity index (χ0n) is 28.6. The van der Waals surface area contributed by atoms with E-state index in [2.05, 4.69) is 49.4 Å². The van der Waals surface area contributed by atoms with Gasteiger partial charge in [0.15, 0.2) is 5.13 Å². The van der Waals surface area contributed by atoms with Crippen LogP contribution in [0.15, 0.2) is 53.8 Å². The number of anilines is 1. The number of rotatable bonds is 19. The van der Waals surface area contributed by atoms with Crippen LogP contribution in [0.25, 0.3) is 11.4 Å². The molecule has 3 aromatic heterocycles. The smallest absolute Gasteiger partial charge is 0.253 e. The van der Waals surface area contributed by atoms with Gasteiger partial charge < -0.3 is 20.1 Å². The monoisotopic (exact) mass is 657 g/mol. The number of hydrogen-bond acceptors (Lipinski definition) is 8. The molecule has 2 N–H and O–H groups in total. The molecule has 0 aliphatic rings. The van der Waals surface area contributed by atoms with Crippen molar-refractivity contribution < 1.29 is 14.3 Å². The van der Waals surface area contributed by atoms with E-state index in [0.29, 0.717) is 12.2 Å². The van der Waals surface area contributed by atoms with Crippen molar-refractivity contribution >= 4 is 34.3 Å². The molecule has 0 aliphatic carbocycles. The molecule has 3 aromatic rings. The Balaban J connectivity index is 0.000000459. The molecule has 0 saturated carbocycles. The van der Waals surface area contributed by atoms with Gasteiger partial charge in [-0.05, 0) is 68.2 Å². The molecule has 0 aliphatic heterocycles. The predicted octanol–water partition coefficient (Wildman–Crippen LogP) is 8.86. The van der Waals surface area contributed by atoms with Crippen molar-refractivity contribution in [2.75, 3.05) is 39.0 Å². The Labute approximate surface area is 280 Å². The minimum atomic E-state index is -0.332. The third-order valence-corrected chi connectivity index (χ3v) is 8.98. The van der Waals surface area contributed by atoms with Gasteiger partial charge in [0, 0.05) is 56.2 Å². The van der Waals surface area contributed by atoms with E-state index in [-0.39, 0.29) is 11.9 Å². The summed E-state index contributed by atoms with van der Waals surface area (Å²) >= 11 is 3.04. The van der Waals surface area contributed by atoms with Gasteiger partial charge >= 0.3 is 0 Å². The summed E-state index contributed by atoms with van der Waals surface area (Å²) in [4.78, 5) is 22.1. The molecule has 0 aromatic carbocycles. The molecule has 3 heterocycles. The standard InChI is InChI=1S/C23H29N5O2S2.C12H26O/c1-5-6-9-18(20(14-30-3)25-22(29)17-11-12-28(13-17)31-4)26-23-27-21(15-32-23)19-10-7-8-16(2)24-19;1-5-7-12(10-13-4)9-8-11(3)6-2/h7-13,15,20H,5-6,14H2,1-4H3,(H,25,29)(H,26,27);11-12H,5-10H2,1-4H3. The summed E-state index contributed by atoms with van der Waals surface area (Å²) in [6.07, 6.45) is 16.2. The Kier molecular flexibility index (Phi) is 18.8. The molecule has 45 heavy (non-hydrogen) atoms. The average molecular weight is 658 g/mol. The highest BCUT2D eigenvalue weighted by Gasteiger charge is 2.20. The zero-order valence-corrected chi connectivity index (χ0v) is 30.2. The van der Waals surface area contributed by atoms with Crippen molar-refractivity contribution in [1.82, 2.24) is 19.3 Å². The molecule has 8 nitrogen and oxygen atoms in total. The van der Waals surface area contributed by atoms with Crippen LogP contribution in [-0.4, -0.2) is 59.6 Å². The second-order valence-electron chi connectivity index (χ2n) is 11.4. The molecule has 0 radical (unpaired) electrons. The van der Waals surface area contributed by atoms with Crippen LogP contribution < -0.4 is 10.6 Å². The van der Waals surface area contributed by atoms with E-state index < -0.39 is 0 Å². The van der Waals surface area contributed by atoms with Gasteiger partial charge in [0.1, 0.15) is 5.69 Å². The van der Waals surface area contributed by atoms with Crippen LogP contribution in [0.1, 0.15) is 88.7 Å².